The van der Waals surface area contributed by atoms with Gasteiger partial charge in [-0.1, -0.05) is 43.0 Å². The third-order valence-corrected chi connectivity index (χ3v) is 6.13. The molecular weight excluding hydrogens is 402 g/mol. The van der Waals surface area contributed by atoms with Gasteiger partial charge < -0.3 is 26.6 Å². The van der Waals surface area contributed by atoms with Crippen LogP contribution in [0.3, 0.4) is 0 Å². The van der Waals surface area contributed by atoms with Gasteiger partial charge in [0.25, 0.3) is 11.8 Å². The second-order valence-corrected chi connectivity index (χ2v) is 8.59. The molecule has 1 aliphatic heterocycles. The Hall–Kier alpha value is -3.74. The topological polar surface area (TPSA) is 99.5 Å². The van der Waals surface area contributed by atoms with Gasteiger partial charge in [-0.25, -0.2) is 0 Å². The zero-order chi connectivity index (χ0) is 22.8. The third kappa shape index (κ3) is 4.46. The minimum atomic E-state index is -0.514. The Balaban J connectivity index is 1.40. The van der Waals surface area contributed by atoms with Crippen molar-refractivity contribution in [1.82, 2.24) is 16.0 Å². The number of carbonyl (C=O) groups excluding carboxylic acids is 2. The van der Waals surface area contributed by atoms with E-state index in [1.807, 2.05) is 14.1 Å². The van der Waals surface area contributed by atoms with Crippen LogP contribution in [0.4, 0.5) is 5.69 Å². The van der Waals surface area contributed by atoms with E-state index in [4.69, 9.17) is 5.73 Å². The monoisotopic (exact) mass is 431 g/mol. The van der Waals surface area contributed by atoms with Gasteiger partial charge in [0.2, 0.25) is 0 Å². The Kier molecular flexibility index (Phi) is 5.90. The zero-order valence-corrected chi connectivity index (χ0v) is 18.4. The lowest BCUT2D eigenvalue weighted by molar-refractivity contribution is -0.121. The highest BCUT2D eigenvalue weighted by Crippen LogP contribution is 2.35. The van der Waals surface area contributed by atoms with Crippen LogP contribution in [-0.2, 0) is 9.59 Å². The molecule has 2 amide bonds. The van der Waals surface area contributed by atoms with Crippen LogP contribution in [0, 0.1) is 0 Å². The Morgan fingerprint density at radius 2 is 1.84 bits per heavy atom. The standard InChI is InChI=1S/C25H29N5O2/c1-15-27-23(22(26)24(31)28-15)25(32)29-20-12-11-19(13-20)17-9-7-16(8-10-17)18-5-4-6-21(14-18)30(2)3/h4-10,14,19-20,27H,1,11-13,26H2,2-3H3,(H,28,31)(H,29,32)/t19-,20+/m1/s1. The largest absolute Gasteiger partial charge is 0.392 e. The summed E-state index contributed by atoms with van der Waals surface area (Å²) in [4.78, 5) is 26.5. The van der Waals surface area contributed by atoms with E-state index in [-0.39, 0.29) is 29.2 Å². The maximum Gasteiger partial charge on any atom is 0.274 e. The molecule has 2 aliphatic rings. The molecule has 7 nitrogen and oxygen atoms in total. The van der Waals surface area contributed by atoms with E-state index in [2.05, 4.69) is 76.0 Å². The number of benzene rings is 2. The molecule has 4 rings (SSSR count). The Labute approximate surface area is 188 Å². The number of nitrogens with two attached hydrogens (primary N) is 1. The number of nitrogens with one attached hydrogen (secondary N) is 3. The van der Waals surface area contributed by atoms with Gasteiger partial charge in [0.15, 0.2) is 0 Å². The average Bonchev–Trinajstić information content (AvgIpc) is 3.24. The molecule has 5 N–H and O–H groups in total. The van der Waals surface area contributed by atoms with E-state index < -0.39 is 5.91 Å². The van der Waals surface area contributed by atoms with Gasteiger partial charge in [-0.15, -0.1) is 0 Å². The molecule has 1 fully saturated rings. The Bertz CT molecular complexity index is 1090. The van der Waals surface area contributed by atoms with Crippen molar-refractivity contribution in [2.75, 3.05) is 19.0 Å². The average molecular weight is 432 g/mol. The van der Waals surface area contributed by atoms with Crippen molar-refractivity contribution in [1.29, 1.82) is 0 Å². The molecule has 32 heavy (non-hydrogen) atoms. The first-order valence-corrected chi connectivity index (χ1v) is 10.8. The molecule has 1 aliphatic carbocycles. The van der Waals surface area contributed by atoms with Crippen molar-refractivity contribution in [3.05, 3.63) is 77.9 Å². The summed E-state index contributed by atoms with van der Waals surface area (Å²) in [5.74, 6) is -0.263. The zero-order valence-electron chi connectivity index (χ0n) is 18.4. The SMILES string of the molecule is C=C1NC(=O)C(N)=C(C(=O)N[C@H]2CC[C@@H](c3ccc(-c4cccc(N(C)C)c4)cc3)C2)N1. The number of nitrogens with zero attached hydrogens (tertiary/aromatic N) is 1. The fraction of sp³-hybridized carbons (Fsp3) is 0.280. The van der Waals surface area contributed by atoms with Crippen molar-refractivity contribution in [2.45, 2.75) is 31.2 Å². The second-order valence-electron chi connectivity index (χ2n) is 8.59. The van der Waals surface area contributed by atoms with Crippen molar-refractivity contribution in [2.24, 2.45) is 5.73 Å². The van der Waals surface area contributed by atoms with E-state index in [0.29, 0.717) is 5.92 Å². The molecule has 0 saturated heterocycles. The third-order valence-electron chi connectivity index (χ3n) is 6.13. The number of rotatable bonds is 5. The summed E-state index contributed by atoms with van der Waals surface area (Å²) in [7, 11) is 4.08. The first kappa shape index (κ1) is 21.5. The summed E-state index contributed by atoms with van der Waals surface area (Å²) in [5.41, 5.74) is 10.5. The van der Waals surface area contributed by atoms with E-state index in [0.717, 1.165) is 19.3 Å². The van der Waals surface area contributed by atoms with Gasteiger partial charge in [-0.3, -0.25) is 9.59 Å². The minimum absolute atomic E-state index is 0.0318. The molecule has 0 aromatic heterocycles. The highest BCUT2D eigenvalue weighted by Gasteiger charge is 2.30. The van der Waals surface area contributed by atoms with Crippen molar-refractivity contribution >= 4 is 17.5 Å². The first-order valence-electron chi connectivity index (χ1n) is 10.8. The molecule has 2 aromatic carbocycles. The van der Waals surface area contributed by atoms with Crippen LogP contribution in [0.1, 0.15) is 30.7 Å². The normalized spacial score (nSPS) is 20.6. The summed E-state index contributed by atoms with van der Waals surface area (Å²) in [5, 5.41) is 8.22. The molecule has 0 unspecified atom stereocenters. The fourth-order valence-corrected chi connectivity index (χ4v) is 4.33. The van der Waals surface area contributed by atoms with Gasteiger partial charge >= 0.3 is 0 Å². The van der Waals surface area contributed by atoms with E-state index in [1.165, 1.54) is 22.4 Å². The van der Waals surface area contributed by atoms with Crippen LogP contribution in [0.2, 0.25) is 0 Å². The van der Waals surface area contributed by atoms with Crippen LogP contribution >= 0.6 is 0 Å². The van der Waals surface area contributed by atoms with Crippen LogP contribution < -0.4 is 26.6 Å². The lowest BCUT2D eigenvalue weighted by atomic mass is 9.95. The highest BCUT2D eigenvalue weighted by atomic mass is 16.2. The van der Waals surface area contributed by atoms with E-state index in [9.17, 15) is 9.59 Å². The van der Waals surface area contributed by atoms with Crippen LogP contribution in [-0.4, -0.2) is 32.0 Å². The number of anilines is 1. The summed E-state index contributed by atoms with van der Waals surface area (Å²) < 4.78 is 0. The number of carbonyl (C=O) groups is 2. The number of hydrogen-bond donors (Lipinski definition) is 4. The summed E-state index contributed by atoms with van der Waals surface area (Å²) in [6.45, 7) is 3.64. The smallest absolute Gasteiger partial charge is 0.274 e. The summed E-state index contributed by atoms with van der Waals surface area (Å²) in [6, 6.07) is 17.2. The molecule has 0 spiro atoms. The summed E-state index contributed by atoms with van der Waals surface area (Å²) in [6.07, 6.45) is 2.72. The molecule has 2 atom stereocenters. The van der Waals surface area contributed by atoms with E-state index in [1.54, 1.807) is 0 Å². The summed E-state index contributed by atoms with van der Waals surface area (Å²) >= 11 is 0. The molecular formula is C25H29N5O2. The van der Waals surface area contributed by atoms with Gasteiger partial charge in [0, 0.05) is 25.8 Å². The van der Waals surface area contributed by atoms with Crippen molar-refractivity contribution in [3.8, 4) is 11.1 Å². The Morgan fingerprint density at radius 1 is 1.09 bits per heavy atom. The number of amides is 2. The van der Waals surface area contributed by atoms with Gasteiger partial charge in [0.1, 0.15) is 17.2 Å². The molecule has 0 bridgehead atoms. The molecule has 1 heterocycles. The van der Waals surface area contributed by atoms with Crippen molar-refractivity contribution < 1.29 is 9.59 Å². The predicted octanol–water partition coefficient (Wildman–Crippen LogP) is 2.53. The second kappa shape index (κ2) is 8.78. The lowest BCUT2D eigenvalue weighted by Crippen LogP contribution is -2.47. The predicted molar refractivity (Wildman–Crippen MR) is 126 cm³/mol. The molecule has 1 saturated carbocycles. The highest BCUT2D eigenvalue weighted by molar-refractivity contribution is 6.05. The lowest BCUT2D eigenvalue weighted by Gasteiger charge is -2.22. The first-order chi connectivity index (χ1) is 15.3. The van der Waals surface area contributed by atoms with Gasteiger partial charge in [-0.05, 0) is 54.0 Å². The van der Waals surface area contributed by atoms with Crippen molar-refractivity contribution in [3.63, 3.8) is 0 Å². The van der Waals surface area contributed by atoms with Crippen LogP contribution in [0.5, 0.6) is 0 Å². The minimum Gasteiger partial charge on any atom is -0.392 e. The van der Waals surface area contributed by atoms with Crippen LogP contribution in [0.15, 0.2) is 72.3 Å². The maximum absolute atomic E-state index is 12.6. The van der Waals surface area contributed by atoms with E-state index >= 15 is 0 Å². The Morgan fingerprint density at radius 3 is 2.56 bits per heavy atom. The maximum atomic E-state index is 12.6. The van der Waals surface area contributed by atoms with Crippen LogP contribution in [0.25, 0.3) is 11.1 Å². The molecule has 0 radical (unpaired) electrons. The quantitative estimate of drug-likeness (QED) is 0.583. The van der Waals surface area contributed by atoms with Gasteiger partial charge in [-0.2, -0.15) is 0 Å². The molecule has 7 heteroatoms. The van der Waals surface area contributed by atoms with Gasteiger partial charge in [0.05, 0.1) is 0 Å². The molecule has 2 aromatic rings. The number of hydrogen-bond acceptors (Lipinski definition) is 5. The molecule has 166 valence electrons. The fourth-order valence-electron chi connectivity index (χ4n) is 4.33.